The molecule has 0 aliphatic carbocycles. The first-order chi connectivity index (χ1) is 6.75. The van der Waals surface area contributed by atoms with Gasteiger partial charge in [-0.25, -0.2) is 7.85 Å². The van der Waals surface area contributed by atoms with Crippen LogP contribution in [-0.4, -0.2) is 27.9 Å². The summed E-state index contributed by atoms with van der Waals surface area (Å²) in [7, 11) is 0. The highest BCUT2D eigenvalue weighted by Crippen LogP contribution is 2.20. The second kappa shape index (κ2) is 4.61. The Labute approximate surface area is 101 Å². The molecule has 0 unspecified atom stereocenters. The normalized spacial score (nSPS) is 20.0. The summed E-state index contributed by atoms with van der Waals surface area (Å²) in [5, 5.41) is 0. The van der Waals surface area contributed by atoms with Crippen LogP contribution in [0.3, 0.4) is 0 Å². The summed E-state index contributed by atoms with van der Waals surface area (Å²) in [5.74, 6) is 0. The van der Waals surface area contributed by atoms with Crippen molar-refractivity contribution in [3.8, 4) is 0 Å². The minimum atomic E-state index is 0.878. The Morgan fingerprint density at radius 1 is 0.857 bits per heavy atom. The Morgan fingerprint density at radius 3 is 2.00 bits per heavy atom. The van der Waals surface area contributed by atoms with Gasteiger partial charge in [0, 0.05) is 38.0 Å². The molecule has 0 atom stereocenters. The summed E-state index contributed by atoms with van der Waals surface area (Å²) in [4.78, 5) is 2.27. The highest BCUT2D eigenvalue weighted by molar-refractivity contribution is 9.08. The van der Waals surface area contributed by atoms with Crippen LogP contribution < -0.4 is 4.90 Å². The van der Waals surface area contributed by atoms with Crippen LogP contribution in [0.1, 0.15) is 0 Å². The molecule has 1 aromatic carbocycles. The highest BCUT2D eigenvalue weighted by atomic mass is 79.9. The van der Waals surface area contributed by atoms with Gasteiger partial charge in [0.15, 0.2) is 0 Å². The zero-order valence-electron chi connectivity index (χ0n) is 7.61. The minimum Gasteiger partial charge on any atom is -0.344 e. The van der Waals surface area contributed by atoms with Crippen molar-refractivity contribution in [3.63, 3.8) is 0 Å². The Balaban J connectivity index is 2.11. The average Bonchev–Trinajstić information content (AvgIpc) is 2.18. The summed E-state index contributed by atoms with van der Waals surface area (Å²) in [6, 6.07) is 10.4. The van der Waals surface area contributed by atoms with Crippen LogP contribution in [0.15, 0.2) is 30.3 Å². The van der Waals surface area contributed by atoms with Crippen LogP contribution >= 0.6 is 32.3 Å². The topological polar surface area (TPSA) is 9.72 Å². The monoisotopic (exact) mass is 319 g/mol. The molecule has 76 valence electrons. The Kier molecular flexibility index (Phi) is 3.43. The maximum atomic E-state index is 3.49. The molecule has 5 heteroatoms. The van der Waals surface area contributed by atoms with Gasteiger partial charge >= 0.3 is 0 Å². The Morgan fingerprint density at radius 2 is 1.43 bits per heavy atom. The van der Waals surface area contributed by atoms with E-state index >= 15 is 0 Å². The van der Waals surface area contributed by atoms with E-state index in [1.54, 1.807) is 0 Å². The molecule has 0 saturated carbocycles. The van der Waals surface area contributed by atoms with Gasteiger partial charge in [0.05, 0.1) is 20.0 Å². The molecular formula is C9H11Br2N3. The van der Waals surface area contributed by atoms with E-state index in [0.717, 1.165) is 20.0 Å². The number of nitrogens with zero attached hydrogens (tertiary/aromatic N) is 3. The predicted molar refractivity (Wildman–Crippen MR) is 65.1 cm³/mol. The molecule has 0 spiro atoms. The van der Waals surface area contributed by atoms with Crippen LogP contribution in [0.4, 0.5) is 5.69 Å². The van der Waals surface area contributed by atoms with Gasteiger partial charge in [0.2, 0.25) is 0 Å². The zero-order valence-corrected chi connectivity index (χ0v) is 10.8. The number of hydrogen-bond acceptors (Lipinski definition) is 3. The van der Waals surface area contributed by atoms with Crippen molar-refractivity contribution in [1.82, 2.24) is 7.85 Å². The summed E-state index contributed by atoms with van der Waals surface area (Å²) >= 11 is 6.97. The third-order valence-corrected chi connectivity index (χ3v) is 2.97. The lowest BCUT2D eigenvalue weighted by molar-refractivity contribution is 0.282. The summed E-state index contributed by atoms with van der Waals surface area (Å²) < 4.78 is 4.14. The van der Waals surface area contributed by atoms with E-state index < -0.39 is 0 Å². The van der Waals surface area contributed by atoms with Gasteiger partial charge in [-0.3, -0.25) is 0 Å². The first kappa shape index (κ1) is 10.4. The molecule has 3 nitrogen and oxygen atoms in total. The fourth-order valence-electron chi connectivity index (χ4n) is 1.47. The molecule has 2 rings (SSSR count). The number of para-hydroxylation sites is 1. The zero-order chi connectivity index (χ0) is 9.97. The number of rotatable bonds is 1. The third-order valence-electron chi connectivity index (χ3n) is 2.08. The van der Waals surface area contributed by atoms with E-state index in [4.69, 9.17) is 0 Å². The Hall–Kier alpha value is -0.100. The number of anilines is 1. The molecule has 14 heavy (non-hydrogen) atoms. The van der Waals surface area contributed by atoms with Crippen molar-refractivity contribution in [2.45, 2.75) is 0 Å². The molecule has 1 aliphatic heterocycles. The number of hydrogen-bond donors (Lipinski definition) is 0. The van der Waals surface area contributed by atoms with Gasteiger partial charge in [-0.05, 0) is 12.1 Å². The molecule has 0 aromatic heterocycles. The van der Waals surface area contributed by atoms with E-state index in [2.05, 4.69) is 69.3 Å². The summed E-state index contributed by atoms with van der Waals surface area (Å²) in [5.41, 5.74) is 1.24. The number of benzene rings is 1. The van der Waals surface area contributed by atoms with E-state index in [1.807, 2.05) is 6.07 Å². The van der Waals surface area contributed by atoms with Crippen molar-refractivity contribution >= 4 is 38.0 Å². The summed E-state index contributed by atoms with van der Waals surface area (Å²) in [6.45, 7) is 2.67. The standard InChI is InChI=1S/C9H11Br2N3/c10-13-6-12(7-14(11)8-13)9-4-2-1-3-5-9/h1-5H,6-8H2. The van der Waals surface area contributed by atoms with Crippen LogP contribution in [0, 0.1) is 0 Å². The lowest BCUT2D eigenvalue weighted by atomic mass is 10.3. The molecule has 0 amide bonds. The molecule has 0 bridgehead atoms. The average molecular weight is 321 g/mol. The minimum absolute atomic E-state index is 0.878. The second-order valence-corrected chi connectivity index (χ2v) is 5.23. The largest absolute Gasteiger partial charge is 0.344 e. The SMILES string of the molecule is BrN1CN(Br)CN(c2ccccc2)C1. The summed E-state index contributed by atoms with van der Waals surface area (Å²) in [6.07, 6.45) is 0. The van der Waals surface area contributed by atoms with E-state index in [9.17, 15) is 0 Å². The highest BCUT2D eigenvalue weighted by Gasteiger charge is 2.20. The maximum Gasteiger partial charge on any atom is 0.0834 e. The van der Waals surface area contributed by atoms with Gasteiger partial charge < -0.3 is 4.90 Å². The second-order valence-electron chi connectivity index (χ2n) is 3.22. The van der Waals surface area contributed by atoms with Crippen LogP contribution in [0.5, 0.6) is 0 Å². The van der Waals surface area contributed by atoms with Crippen LogP contribution in [0.25, 0.3) is 0 Å². The van der Waals surface area contributed by atoms with E-state index in [0.29, 0.717) is 0 Å². The van der Waals surface area contributed by atoms with Crippen LogP contribution in [-0.2, 0) is 0 Å². The van der Waals surface area contributed by atoms with Gasteiger partial charge in [-0.15, -0.1) is 0 Å². The molecule has 1 aliphatic rings. The number of halogens is 2. The molecule has 1 saturated heterocycles. The fraction of sp³-hybridized carbons (Fsp3) is 0.333. The van der Waals surface area contributed by atoms with E-state index in [1.165, 1.54) is 5.69 Å². The molecule has 1 heterocycles. The van der Waals surface area contributed by atoms with Gasteiger partial charge in [-0.2, -0.15) is 0 Å². The molecule has 0 N–H and O–H groups in total. The molecular weight excluding hydrogens is 310 g/mol. The smallest absolute Gasteiger partial charge is 0.0834 e. The molecule has 1 aromatic rings. The van der Waals surface area contributed by atoms with E-state index in [-0.39, 0.29) is 0 Å². The molecule has 1 fully saturated rings. The van der Waals surface area contributed by atoms with Crippen molar-refractivity contribution in [3.05, 3.63) is 30.3 Å². The fourth-order valence-corrected chi connectivity index (χ4v) is 2.86. The van der Waals surface area contributed by atoms with Crippen molar-refractivity contribution in [2.75, 3.05) is 24.9 Å². The van der Waals surface area contributed by atoms with Crippen molar-refractivity contribution in [1.29, 1.82) is 0 Å². The van der Waals surface area contributed by atoms with Gasteiger partial charge in [-0.1, -0.05) is 18.2 Å². The van der Waals surface area contributed by atoms with Gasteiger partial charge in [0.25, 0.3) is 0 Å². The quantitative estimate of drug-likeness (QED) is 0.736. The lowest BCUT2D eigenvalue weighted by Crippen LogP contribution is -2.47. The first-order valence-corrected chi connectivity index (χ1v) is 5.79. The first-order valence-electron chi connectivity index (χ1n) is 4.37. The third kappa shape index (κ3) is 2.48. The molecule has 0 radical (unpaired) electrons. The van der Waals surface area contributed by atoms with Crippen molar-refractivity contribution in [2.24, 2.45) is 0 Å². The van der Waals surface area contributed by atoms with Gasteiger partial charge in [0.1, 0.15) is 0 Å². The Bertz CT molecular complexity index is 283. The van der Waals surface area contributed by atoms with Crippen molar-refractivity contribution < 1.29 is 0 Å². The van der Waals surface area contributed by atoms with Crippen LogP contribution in [0.2, 0.25) is 0 Å². The maximum absolute atomic E-state index is 3.49. The lowest BCUT2D eigenvalue weighted by Gasteiger charge is -2.37. The predicted octanol–water partition coefficient (Wildman–Crippen LogP) is 2.60.